The Balaban J connectivity index is 1.26. The van der Waals surface area contributed by atoms with E-state index in [4.69, 9.17) is 9.47 Å². The topological polar surface area (TPSA) is 96.5 Å². The number of carbonyl (C=O) groups excluding carboxylic acids is 2. The van der Waals surface area contributed by atoms with Crippen LogP contribution in [0.5, 0.6) is 11.5 Å². The van der Waals surface area contributed by atoms with Gasteiger partial charge in [-0.3, -0.25) is 14.5 Å². The van der Waals surface area contributed by atoms with E-state index in [9.17, 15) is 18.0 Å². The highest BCUT2D eigenvalue weighted by Gasteiger charge is 2.39. The monoisotopic (exact) mass is 479 g/mol. The maximum Gasteiger partial charge on any atom is 0.228 e. The summed E-state index contributed by atoms with van der Waals surface area (Å²) in [7, 11) is 0.277. The van der Waals surface area contributed by atoms with E-state index in [0.29, 0.717) is 63.6 Å². The van der Waals surface area contributed by atoms with E-state index < -0.39 is 9.84 Å². The van der Waals surface area contributed by atoms with Gasteiger partial charge in [0.2, 0.25) is 11.8 Å². The number of benzene rings is 1. The quantitative estimate of drug-likeness (QED) is 0.559. The molecule has 0 bridgehead atoms. The molecule has 0 N–H and O–H groups in total. The lowest BCUT2D eigenvalue weighted by Gasteiger charge is -2.38. The van der Waals surface area contributed by atoms with Crippen LogP contribution in [0.2, 0.25) is 0 Å². The van der Waals surface area contributed by atoms with E-state index in [1.807, 2.05) is 23.1 Å². The van der Waals surface area contributed by atoms with Crippen LogP contribution in [0, 0.1) is 5.92 Å². The van der Waals surface area contributed by atoms with Gasteiger partial charge in [0.05, 0.1) is 31.6 Å². The van der Waals surface area contributed by atoms with Crippen LogP contribution >= 0.6 is 0 Å². The van der Waals surface area contributed by atoms with Crippen molar-refractivity contribution >= 4 is 21.7 Å². The minimum absolute atomic E-state index is 0.0172. The second-order valence-corrected chi connectivity index (χ2v) is 11.3. The first kappa shape index (κ1) is 23.8. The second-order valence-electron chi connectivity index (χ2n) is 9.10. The van der Waals surface area contributed by atoms with E-state index in [2.05, 4.69) is 4.90 Å². The molecule has 0 aromatic heterocycles. The molecule has 3 aliphatic rings. The Morgan fingerprint density at radius 2 is 1.82 bits per heavy atom. The van der Waals surface area contributed by atoms with Crippen LogP contribution < -0.4 is 9.47 Å². The summed E-state index contributed by atoms with van der Waals surface area (Å²) in [5, 5.41) is 0. The van der Waals surface area contributed by atoms with Gasteiger partial charge in [0.25, 0.3) is 0 Å². The Hall–Kier alpha value is -2.33. The molecule has 1 aromatic carbocycles. The molecule has 9 nitrogen and oxygen atoms in total. The largest absolute Gasteiger partial charge is 0.493 e. The predicted molar refractivity (Wildman–Crippen MR) is 123 cm³/mol. The average Bonchev–Trinajstić information content (AvgIpc) is 3.38. The Bertz CT molecular complexity index is 990. The van der Waals surface area contributed by atoms with Gasteiger partial charge >= 0.3 is 0 Å². The number of carbonyl (C=O) groups is 2. The number of piperazine rings is 1. The van der Waals surface area contributed by atoms with Crippen molar-refractivity contribution in [3.8, 4) is 11.5 Å². The summed E-state index contributed by atoms with van der Waals surface area (Å²) < 4.78 is 34.1. The lowest BCUT2D eigenvalue weighted by atomic mass is 10.1. The van der Waals surface area contributed by atoms with Gasteiger partial charge in [-0.15, -0.1) is 0 Å². The summed E-state index contributed by atoms with van der Waals surface area (Å²) in [6.45, 7) is 3.57. The molecule has 3 heterocycles. The highest BCUT2D eigenvalue weighted by Crippen LogP contribution is 2.28. The fourth-order valence-electron chi connectivity index (χ4n) is 5.08. The molecule has 33 heavy (non-hydrogen) atoms. The van der Waals surface area contributed by atoms with E-state index in [1.54, 1.807) is 19.1 Å². The Morgan fingerprint density at radius 1 is 1.09 bits per heavy atom. The van der Waals surface area contributed by atoms with Gasteiger partial charge < -0.3 is 19.3 Å². The summed E-state index contributed by atoms with van der Waals surface area (Å²) in [5.41, 5.74) is 1.04. The molecule has 3 saturated heterocycles. The van der Waals surface area contributed by atoms with Crippen molar-refractivity contribution in [3.05, 3.63) is 23.8 Å². The second kappa shape index (κ2) is 9.89. The summed E-state index contributed by atoms with van der Waals surface area (Å²) in [6.07, 6.45) is 1.62. The standard InChI is InChI=1S/C23H33N3O6S/c1-31-20-4-3-17(13-21(20)32-2)5-7-26-15-18(14-22(26)27)23(28)25-10-8-24(9-11-25)19-6-12-33(29,30)16-19/h3-4,13,18-19H,5-12,14-16H2,1-2H3. The zero-order valence-corrected chi connectivity index (χ0v) is 20.2. The van der Waals surface area contributed by atoms with Crippen molar-refractivity contribution in [1.29, 1.82) is 0 Å². The van der Waals surface area contributed by atoms with Gasteiger partial charge in [-0.2, -0.15) is 0 Å². The predicted octanol–water partition coefficient (Wildman–Crippen LogP) is 0.426. The lowest BCUT2D eigenvalue weighted by Crippen LogP contribution is -2.53. The summed E-state index contributed by atoms with van der Waals surface area (Å²) in [6, 6.07) is 5.80. The molecule has 1 aromatic rings. The van der Waals surface area contributed by atoms with Crippen LogP contribution in [-0.2, 0) is 25.8 Å². The van der Waals surface area contributed by atoms with Crippen LogP contribution in [0.15, 0.2) is 18.2 Å². The Morgan fingerprint density at radius 3 is 2.45 bits per heavy atom. The average molecular weight is 480 g/mol. The first-order valence-corrected chi connectivity index (χ1v) is 13.3. The normalized spacial score (nSPS) is 25.5. The van der Waals surface area contributed by atoms with Gasteiger partial charge in [-0.25, -0.2) is 8.42 Å². The Kier molecular flexibility index (Phi) is 7.13. The molecular formula is C23H33N3O6S. The molecule has 4 rings (SSSR count). The van der Waals surface area contributed by atoms with Gasteiger partial charge in [-0.05, 0) is 30.5 Å². The third-order valence-corrected chi connectivity index (χ3v) is 8.78. The van der Waals surface area contributed by atoms with E-state index in [1.165, 1.54) is 0 Å². The summed E-state index contributed by atoms with van der Waals surface area (Å²) >= 11 is 0. The van der Waals surface area contributed by atoms with Crippen molar-refractivity contribution in [2.24, 2.45) is 5.92 Å². The van der Waals surface area contributed by atoms with Gasteiger partial charge in [0.15, 0.2) is 21.3 Å². The first-order valence-electron chi connectivity index (χ1n) is 11.5. The van der Waals surface area contributed by atoms with Crippen LogP contribution in [0.3, 0.4) is 0 Å². The maximum absolute atomic E-state index is 13.1. The summed E-state index contributed by atoms with van der Waals surface area (Å²) in [4.78, 5) is 31.4. The molecule has 0 saturated carbocycles. The van der Waals surface area contributed by atoms with Gasteiger partial charge in [0.1, 0.15) is 0 Å². The number of hydrogen-bond acceptors (Lipinski definition) is 7. The van der Waals surface area contributed by atoms with Crippen molar-refractivity contribution in [1.82, 2.24) is 14.7 Å². The SMILES string of the molecule is COc1ccc(CCN2CC(C(=O)N3CCN(C4CCS(=O)(=O)C4)CC3)CC2=O)cc1OC. The van der Waals surface area contributed by atoms with Gasteiger partial charge in [0, 0.05) is 51.7 Å². The van der Waals surface area contributed by atoms with Crippen molar-refractivity contribution in [2.75, 3.05) is 65.0 Å². The molecule has 3 fully saturated rings. The smallest absolute Gasteiger partial charge is 0.228 e. The third-order valence-electron chi connectivity index (χ3n) is 7.03. The van der Waals surface area contributed by atoms with E-state index >= 15 is 0 Å². The first-order chi connectivity index (χ1) is 15.8. The zero-order chi connectivity index (χ0) is 23.6. The molecule has 0 radical (unpaired) electrons. The molecule has 2 atom stereocenters. The highest BCUT2D eigenvalue weighted by molar-refractivity contribution is 7.91. The van der Waals surface area contributed by atoms with Crippen LogP contribution in [0.25, 0.3) is 0 Å². The molecule has 2 amide bonds. The summed E-state index contributed by atoms with van der Waals surface area (Å²) in [5.74, 6) is 1.57. The molecule has 0 aliphatic carbocycles. The molecule has 182 valence electrons. The molecule has 2 unspecified atom stereocenters. The lowest BCUT2D eigenvalue weighted by molar-refractivity contribution is -0.137. The van der Waals surface area contributed by atoms with Crippen molar-refractivity contribution < 1.29 is 27.5 Å². The molecule has 10 heteroatoms. The number of nitrogens with zero attached hydrogens (tertiary/aromatic N) is 3. The number of methoxy groups -OCH3 is 2. The number of hydrogen-bond donors (Lipinski definition) is 0. The van der Waals surface area contributed by atoms with Gasteiger partial charge in [-0.1, -0.05) is 6.07 Å². The fourth-order valence-corrected chi connectivity index (χ4v) is 6.84. The number of ether oxygens (including phenoxy) is 2. The molecular weight excluding hydrogens is 446 g/mol. The third kappa shape index (κ3) is 5.43. The van der Waals surface area contributed by atoms with E-state index in [0.717, 1.165) is 5.56 Å². The van der Waals surface area contributed by atoms with Crippen LogP contribution in [0.1, 0.15) is 18.4 Å². The number of rotatable bonds is 7. The number of likely N-dealkylation sites (tertiary alicyclic amines) is 1. The number of sulfone groups is 1. The minimum Gasteiger partial charge on any atom is -0.493 e. The van der Waals surface area contributed by atoms with Crippen molar-refractivity contribution in [3.63, 3.8) is 0 Å². The number of amides is 2. The van der Waals surface area contributed by atoms with Crippen LogP contribution in [0.4, 0.5) is 0 Å². The zero-order valence-electron chi connectivity index (χ0n) is 19.4. The maximum atomic E-state index is 13.1. The minimum atomic E-state index is -2.91. The molecule has 0 spiro atoms. The highest BCUT2D eigenvalue weighted by atomic mass is 32.2. The van der Waals surface area contributed by atoms with E-state index in [-0.39, 0.29) is 41.7 Å². The van der Waals surface area contributed by atoms with Crippen LogP contribution in [-0.4, -0.2) is 106 Å². The fraction of sp³-hybridized carbons (Fsp3) is 0.652. The van der Waals surface area contributed by atoms with Crippen molar-refractivity contribution in [2.45, 2.75) is 25.3 Å². The molecule has 3 aliphatic heterocycles. The Labute approximate surface area is 195 Å².